The molecule has 3 aromatic rings. The molecular weight excluding hydrogens is 448 g/mol. The van der Waals surface area contributed by atoms with Crippen LogP contribution in [0.1, 0.15) is 42.9 Å². The topological polar surface area (TPSA) is 85.3 Å². The Labute approximate surface area is 202 Å². The van der Waals surface area contributed by atoms with Gasteiger partial charge in [0.05, 0.1) is 6.33 Å². The first-order valence-corrected chi connectivity index (χ1v) is 13.3. The number of aromatic nitrogens is 2. The Morgan fingerprint density at radius 3 is 2.65 bits per heavy atom. The van der Waals surface area contributed by atoms with Crippen molar-refractivity contribution in [3.05, 3.63) is 77.7 Å². The number of rotatable bonds is 10. The molecule has 0 aliphatic carbocycles. The van der Waals surface area contributed by atoms with Gasteiger partial charge in [-0.2, -0.15) is 0 Å². The molecule has 0 saturated carbocycles. The minimum Gasteiger partial charge on any atom is -0.492 e. The summed E-state index contributed by atoms with van der Waals surface area (Å²) in [5.41, 5.74) is 3.28. The summed E-state index contributed by atoms with van der Waals surface area (Å²) >= 11 is 0. The van der Waals surface area contributed by atoms with Crippen molar-refractivity contribution in [2.45, 2.75) is 50.2 Å². The van der Waals surface area contributed by atoms with Gasteiger partial charge < -0.3 is 14.6 Å². The van der Waals surface area contributed by atoms with E-state index in [0.717, 1.165) is 36.3 Å². The lowest BCUT2D eigenvalue weighted by atomic mass is 9.83. The molecular formula is C26H34N4O3S. The molecule has 0 spiro atoms. The molecule has 0 bridgehead atoms. The van der Waals surface area contributed by atoms with E-state index in [0.29, 0.717) is 12.5 Å². The van der Waals surface area contributed by atoms with Crippen LogP contribution in [0.25, 0.3) is 0 Å². The van der Waals surface area contributed by atoms with Gasteiger partial charge in [-0.15, -0.1) is 0 Å². The van der Waals surface area contributed by atoms with E-state index in [1.807, 2.05) is 18.2 Å². The minimum absolute atomic E-state index is 0.0210. The van der Waals surface area contributed by atoms with Crippen molar-refractivity contribution >= 4 is 10.0 Å². The monoisotopic (exact) mass is 482 g/mol. The zero-order chi connectivity index (χ0) is 24.1. The number of aryl methyl sites for hydroxylation is 1. The highest BCUT2D eigenvalue weighted by atomic mass is 32.2. The van der Waals surface area contributed by atoms with Crippen LogP contribution in [0.3, 0.4) is 0 Å². The molecule has 0 amide bonds. The van der Waals surface area contributed by atoms with Crippen molar-refractivity contribution in [1.82, 2.24) is 19.6 Å². The van der Waals surface area contributed by atoms with Crippen molar-refractivity contribution in [2.75, 3.05) is 13.2 Å². The summed E-state index contributed by atoms with van der Waals surface area (Å²) in [4.78, 5) is 3.96. The van der Waals surface area contributed by atoms with Crippen LogP contribution < -0.4 is 14.8 Å². The summed E-state index contributed by atoms with van der Waals surface area (Å²) < 4.78 is 35.6. The lowest BCUT2D eigenvalue weighted by molar-refractivity contribution is 0.210. The second-order valence-corrected chi connectivity index (χ2v) is 11.1. The number of fused-ring (bicyclic) bond motifs is 1. The van der Waals surface area contributed by atoms with E-state index < -0.39 is 10.0 Å². The number of hydrogen-bond acceptors (Lipinski definition) is 5. The molecule has 0 fully saturated rings. The second-order valence-electron chi connectivity index (χ2n) is 9.42. The average Bonchev–Trinajstić information content (AvgIpc) is 3.27. The first kappa shape index (κ1) is 24.4. The van der Waals surface area contributed by atoms with Gasteiger partial charge in [0.15, 0.2) is 5.03 Å². The third-order valence-electron chi connectivity index (χ3n) is 6.23. The van der Waals surface area contributed by atoms with Gasteiger partial charge in [-0.25, -0.2) is 18.1 Å². The molecule has 182 valence electrons. The quantitative estimate of drug-likeness (QED) is 0.461. The summed E-state index contributed by atoms with van der Waals surface area (Å²) in [6.45, 7) is 6.21. The van der Waals surface area contributed by atoms with Gasteiger partial charge >= 0.3 is 0 Å². The number of ether oxygens (including phenoxy) is 1. The molecule has 4 rings (SSSR count). The van der Waals surface area contributed by atoms with E-state index in [-0.39, 0.29) is 23.5 Å². The molecule has 34 heavy (non-hydrogen) atoms. The average molecular weight is 483 g/mol. The molecule has 1 aromatic heterocycles. The van der Waals surface area contributed by atoms with Crippen molar-refractivity contribution in [1.29, 1.82) is 0 Å². The summed E-state index contributed by atoms with van der Waals surface area (Å²) in [6, 6.07) is 16.6. The number of imidazole rings is 1. The normalized spacial score (nSPS) is 18.0. The number of hydrogen-bond donors (Lipinski definition) is 2. The molecule has 2 N–H and O–H groups in total. The van der Waals surface area contributed by atoms with E-state index in [1.54, 1.807) is 11.6 Å². The summed E-state index contributed by atoms with van der Waals surface area (Å²) in [5.74, 6) is 1.74. The maximum Gasteiger partial charge on any atom is 0.259 e. The Kier molecular flexibility index (Phi) is 7.70. The third-order valence-corrected chi connectivity index (χ3v) is 7.51. The van der Waals surface area contributed by atoms with Crippen LogP contribution in [-0.4, -0.2) is 37.2 Å². The van der Waals surface area contributed by atoms with Crippen molar-refractivity contribution < 1.29 is 13.2 Å². The first-order valence-electron chi connectivity index (χ1n) is 11.8. The van der Waals surface area contributed by atoms with Crippen LogP contribution in [0.5, 0.6) is 5.75 Å². The summed E-state index contributed by atoms with van der Waals surface area (Å²) in [5, 5.41) is 3.74. The maximum atomic E-state index is 12.6. The van der Waals surface area contributed by atoms with Crippen molar-refractivity contribution in [2.24, 2.45) is 13.0 Å². The van der Waals surface area contributed by atoms with E-state index in [1.165, 1.54) is 18.1 Å². The smallest absolute Gasteiger partial charge is 0.259 e. The van der Waals surface area contributed by atoms with Crippen LogP contribution in [0.15, 0.2) is 66.1 Å². The first-order chi connectivity index (χ1) is 16.3. The lowest BCUT2D eigenvalue weighted by Crippen LogP contribution is -2.44. The predicted molar refractivity (Wildman–Crippen MR) is 133 cm³/mol. The Morgan fingerprint density at radius 1 is 1.15 bits per heavy atom. The van der Waals surface area contributed by atoms with Gasteiger partial charge in [-0.1, -0.05) is 56.3 Å². The SMILES string of the molecule is CC(C)CCNC1COc2ccc(CNS(=O)(=O)c3cn(C)cn3)cc2C1Cc1ccccc1. The molecule has 1 aliphatic rings. The number of nitrogens with zero attached hydrogens (tertiary/aromatic N) is 2. The maximum absolute atomic E-state index is 12.6. The second kappa shape index (κ2) is 10.7. The molecule has 8 heteroatoms. The van der Waals surface area contributed by atoms with E-state index >= 15 is 0 Å². The largest absolute Gasteiger partial charge is 0.492 e. The predicted octanol–water partition coefficient (Wildman–Crippen LogP) is 3.62. The Bertz CT molecular complexity index is 1190. The van der Waals surface area contributed by atoms with Gasteiger partial charge in [-0.05, 0) is 48.1 Å². The zero-order valence-corrected chi connectivity index (χ0v) is 20.9. The molecule has 2 aromatic carbocycles. The highest BCUT2D eigenvalue weighted by Crippen LogP contribution is 2.37. The molecule has 2 atom stereocenters. The van der Waals surface area contributed by atoms with Crippen molar-refractivity contribution in [3.63, 3.8) is 0 Å². The van der Waals surface area contributed by atoms with Gasteiger partial charge in [-0.3, -0.25) is 0 Å². The van der Waals surface area contributed by atoms with Crippen LogP contribution in [-0.2, 0) is 30.0 Å². The fourth-order valence-electron chi connectivity index (χ4n) is 4.30. The molecule has 1 aliphatic heterocycles. The minimum atomic E-state index is -3.68. The summed E-state index contributed by atoms with van der Waals surface area (Å²) in [6.07, 6.45) is 4.97. The standard InChI is InChI=1S/C26H34N4O3S/c1-19(2)11-12-27-24-17-33-25-10-9-21(15-29-34(31,32)26-16-30(3)18-28-26)14-23(25)22(24)13-20-7-5-4-6-8-20/h4-10,14,16,18-19,22,24,27,29H,11-13,15,17H2,1-3H3. The molecule has 0 radical (unpaired) electrons. The lowest BCUT2D eigenvalue weighted by Gasteiger charge is -2.35. The highest BCUT2D eigenvalue weighted by Gasteiger charge is 2.31. The van der Waals surface area contributed by atoms with Gasteiger partial charge in [0, 0.05) is 31.7 Å². The Morgan fingerprint density at radius 2 is 1.94 bits per heavy atom. The van der Waals surface area contributed by atoms with Crippen LogP contribution in [0.4, 0.5) is 0 Å². The van der Waals surface area contributed by atoms with Crippen molar-refractivity contribution in [3.8, 4) is 5.75 Å². The molecule has 2 unspecified atom stereocenters. The molecule has 0 saturated heterocycles. The third kappa shape index (κ3) is 6.05. The van der Waals surface area contributed by atoms with E-state index in [4.69, 9.17) is 4.74 Å². The van der Waals surface area contributed by atoms with Crippen LogP contribution in [0, 0.1) is 5.92 Å². The van der Waals surface area contributed by atoms with E-state index in [2.05, 4.69) is 59.2 Å². The number of sulfonamides is 1. The van der Waals surface area contributed by atoms with E-state index in [9.17, 15) is 8.42 Å². The number of nitrogens with one attached hydrogen (secondary N) is 2. The van der Waals surface area contributed by atoms with Gasteiger partial charge in [0.2, 0.25) is 0 Å². The van der Waals surface area contributed by atoms with Crippen LogP contribution in [0.2, 0.25) is 0 Å². The fourth-order valence-corrected chi connectivity index (χ4v) is 5.30. The Hall–Kier alpha value is -2.68. The Balaban J connectivity index is 1.55. The fraction of sp³-hybridized carbons (Fsp3) is 0.423. The zero-order valence-electron chi connectivity index (χ0n) is 20.1. The molecule has 7 nitrogen and oxygen atoms in total. The summed E-state index contributed by atoms with van der Waals surface area (Å²) in [7, 11) is -1.93. The number of benzene rings is 2. The van der Waals surface area contributed by atoms with Gasteiger partial charge in [0.1, 0.15) is 12.4 Å². The van der Waals surface area contributed by atoms with Crippen LogP contribution >= 0.6 is 0 Å². The highest BCUT2D eigenvalue weighted by molar-refractivity contribution is 7.89. The van der Waals surface area contributed by atoms with Gasteiger partial charge in [0.25, 0.3) is 10.0 Å². The molecule has 2 heterocycles.